The molecule has 0 fully saturated rings. The van der Waals surface area contributed by atoms with E-state index in [1.807, 2.05) is 18.2 Å². The zero-order valence-electron chi connectivity index (χ0n) is 21.9. The molecule has 204 valence electrons. The van der Waals surface area contributed by atoms with Crippen molar-refractivity contribution in [2.24, 2.45) is 0 Å². The summed E-state index contributed by atoms with van der Waals surface area (Å²) in [4.78, 5) is 8.95. The first-order chi connectivity index (χ1) is 17.9. The molecule has 0 aliphatic carbocycles. The molecule has 0 aliphatic rings. The first-order valence-corrected chi connectivity index (χ1v) is 16.0. The molecule has 2 aromatic heterocycles. The molecule has 1 aromatic carbocycles. The highest BCUT2D eigenvalue weighted by Gasteiger charge is 2.24. The van der Waals surface area contributed by atoms with Gasteiger partial charge in [-0.05, 0) is 12.5 Å². The maximum Gasteiger partial charge on any atom is 0.203 e. The molecule has 10 heteroatoms. The van der Waals surface area contributed by atoms with E-state index in [9.17, 15) is 13.0 Å². The number of aromatic nitrogens is 4. The topological polar surface area (TPSA) is 135 Å². The second kappa shape index (κ2) is 15.3. The quantitative estimate of drug-likeness (QED) is 0.131. The first kappa shape index (κ1) is 29.4. The first-order valence-electron chi connectivity index (χ1n) is 13.7. The van der Waals surface area contributed by atoms with Crippen LogP contribution in [0.25, 0.3) is 21.6 Å². The van der Waals surface area contributed by atoms with E-state index < -0.39 is 15.4 Å². The van der Waals surface area contributed by atoms with E-state index in [1.165, 1.54) is 64.2 Å². The van der Waals surface area contributed by atoms with Gasteiger partial charge in [-0.15, -0.1) is 10.2 Å². The van der Waals surface area contributed by atoms with Crippen molar-refractivity contribution in [2.75, 3.05) is 5.73 Å². The highest BCUT2D eigenvalue weighted by Crippen LogP contribution is 2.33. The Morgan fingerprint density at radius 1 is 0.838 bits per heavy atom. The van der Waals surface area contributed by atoms with Crippen LogP contribution < -0.4 is 5.73 Å². The van der Waals surface area contributed by atoms with Gasteiger partial charge in [0.2, 0.25) is 5.13 Å². The average Bonchev–Trinajstić information content (AvgIpc) is 3.31. The Morgan fingerprint density at radius 2 is 1.41 bits per heavy atom. The zero-order chi connectivity index (χ0) is 26.5. The number of fused-ring (bicyclic) bond motifs is 1. The van der Waals surface area contributed by atoms with E-state index in [0.717, 1.165) is 30.6 Å². The van der Waals surface area contributed by atoms with Gasteiger partial charge < -0.3 is 10.3 Å². The van der Waals surface area contributed by atoms with Crippen LogP contribution in [0.15, 0.2) is 24.3 Å². The Morgan fingerprint density at radius 3 is 1.95 bits per heavy atom. The number of anilines is 1. The lowest BCUT2D eigenvalue weighted by Crippen LogP contribution is -2.16. The number of rotatable bonds is 18. The third kappa shape index (κ3) is 9.57. The van der Waals surface area contributed by atoms with Gasteiger partial charge in [0.05, 0.1) is 5.52 Å². The van der Waals surface area contributed by atoms with Crippen LogP contribution in [-0.2, 0) is 10.1 Å². The molecule has 0 amide bonds. The van der Waals surface area contributed by atoms with Gasteiger partial charge in [0.25, 0.3) is 0 Å². The van der Waals surface area contributed by atoms with Crippen molar-refractivity contribution in [1.82, 2.24) is 20.2 Å². The summed E-state index contributed by atoms with van der Waals surface area (Å²) in [6.45, 7) is 2.25. The van der Waals surface area contributed by atoms with Crippen LogP contribution in [-0.4, -0.2) is 33.1 Å². The van der Waals surface area contributed by atoms with Gasteiger partial charge in [-0.25, -0.2) is 18.4 Å². The summed E-state index contributed by atoms with van der Waals surface area (Å²) >= 11 is 1.16. The fourth-order valence-electron chi connectivity index (χ4n) is 4.66. The molecular formula is C27H40N5O3S2-. The number of nitrogens with two attached hydrogens (primary N) is 1. The summed E-state index contributed by atoms with van der Waals surface area (Å²) in [5, 5.41) is 8.09. The van der Waals surface area contributed by atoms with E-state index in [1.54, 1.807) is 6.07 Å². The average molecular weight is 547 g/mol. The Kier molecular flexibility index (Phi) is 12.1. The molecular weight excluding hydrogens is 506 g/mol. The molecule has 0 bridgehead atoms. The number of nitrogens with zero attached hydrogens (tertiary/aromatic N) is 4. The minimum atomic E-state index is -4.63. The molecule has 1 unspecified atom stereocenters. The van der Waals surface area contributed by atoms with Gasteiger partial charge in [0.15, 0.2) is 5.01 Å². The van der Waals surface area contributed by atoms with E-state index in [-0.39, 0.29) is 17.4 Å². The van der Waals surface area contributed by atoms with Crippen molar-refractivity contribution < 1.29 is 13.0 Å². The number of unbranched alkanes of at least 4 members (excludes halogenated alkanes) is 13. The van der Waals surface area contributed by atoms with E-state index >= 15 is 0 Å². The summed E-state index contributed by atoms with van der Waals surface area (Å²) < 4.78 is 36.6. The van der Waals surface area contributed by atoms with Crippen LogP contribution >= 0.6 is 11.3 Å². The third-order valence-corrected chi connectivity index (χ3v) is 8.62. The van der Waals surface area contributed by atoms with Crippen molar-refractivity contribution in [3.63, 3.8) is 0 Å². The van der Waals surface area contributed by atoms with Crippen molar-refractivity contribution in [2.45, 2.75) is 108 Å². The second-order valence-corrected chi connectivity index (χ2v) is 12.3. The molecule has 3 rings (SSSR count). The Labute approximate surface area is 225 Å². The smallest absolute Gasteiger partial charge is 0.203 e. The molecule has 2 heterocycles. The van der Waals surface area contributed by atoms with Gasteiger partial charge in [0.1, 0.15) is 26.9 Å². The van der Waals surface area contributed by atoms with Crippen molar-refractivity contribution >= 4 is 37.5 Å². The molecule has 0 aliphatic heterocycles. The van der Waals surface area contributed by atoms with Crippen LogP contribution in [0.2, 0.25) is 0 Å². The lowest BCUT2D eigenvalue weighted by Gasteiger charge is -2.20. The summed E-state index contributed by atoms with van der Waals surface area (Å²) in [5.74, 6) is 0.0205. The van der Waals surface area contributed by atoms with Gasteiger partial charge in [-0.1, -0.05) is 126 Å². The van der Waals surface area contributed by atoms with Crippen molar-refractivity contribution in [3.05, 3.63) is 30.1 Å². The lowest BCUT2D eigenvalue weighted by atomic mass is 10.0. The number of hydrogen-bond donors (Lipinski definition) is 1. The molecule has 3 aromatic rings. The van der Waals surface area contributed by atoms with Gasteiger partial charge in [0, 0.05) is 5.39 Å². The second-order valence-electron chi connectivity index (χ2n) is 9.76. The van der Waals surface area contributed by atoms with Crippen LogP contribution in [0.5, 0.6) is 0 Å². The standard InChI is InChI=1S/C27H41N5O3S2/c1-2-3-4-5-6-7-8-9-10-11-12-13-14-15-20-23(37(33,34)35)25-29-22-19-17-16-18-21(22)24(30-25)26-31-32-27(28)36-26/h16-19,23H,2-15,20H2,1H3,(H2,28,32)(H,33,34,35)/p-1. The number of benzene rings is 1. The van der Waals surface area contributed by atoms with E-state index in [2.05, 4.69) is 27.1 Å². The Hall–Kier alpha value is -2.17. The molecule has 1 atom stereocenters. The predicted molar refractivity (Wildman–Crippen MR) is 150 cm³/mol. The number of para-hydroxylation sites is 1. The van der Waals surface area contributed by atoms with Gasteiger partial charge in [-0.3, -0.25) is 0 Å². The largest absolute Gasteiger partial charge is 0.747 e. The van der Waals surface area contributed by atoms with Crippen LogP contribution in [0.1, 0.15) is 114 Å². The maximum absolute atomic E-state index is 12.2. The van der Waals surface area contributed by atoms with Crippen LogP contribution in [0, 0.1) is 0 Å². The zero-order valence-corrected chi connectivity index (χ0v) is 23.5. The van der Waals surface area contributed by atoms with E-state index in [0.29, 0.717) is 28.0 Å². The van der Waals surface area contributed by atoms with Gasteiger partial charge in [-0.2, -0.15) is 0 Å². The molecule has 0 saturated carbocycles. The van der Waals surface area contributed by atoms with Crippen molar-refractivity contribution in [3.8, 4) is 10.7 Å². The fraction of sp³-hybridized carbons (Fsp3) is 0.630. The third-order valence-electron chi connectivity index (χ3n) is 6.72. The Bertz CT molecular complexity index is 1200. The summed E-state index contributed by atoms with van der Waals surface area (Å²) in [6, 6.07) is 7.26. The highest BCUT2D eigenvalue weighted by atomic mass is 32.2. The molecule has 37 heavy (non-hydrogen) atoms. The Balaban J connectivity index is 1.49. The molecule has 0 spiro atoms. The maximum atomic E-state index is 12.2. The summed E-state index contributed by atoms with van der Waals surface area (Å²) in [5.41, 5.74) is 6.76. The molecule has 0 saturated heterocycles. The fourth-order valence-corrected chi connectivity index (χ4v) is 6.09. The normalized spacial score (nSPS) is 12.8. The van der Waals surface area contributed by atoms with E-state index in [4.69, 9.17) is 5.73 Å². The van der Waals surface area contributed by atoms with Crippen LogP contribution in [0.4, 0.5) is 5.13 Å². The number of nitrogen functional groups attached to an aromatic ring is 1. The predicted octanol–water partition coefficient (Wildman–Crippen LogP) is 7.19. The summed E-state index contributed by atoms with van der Waals surface area (Å²) in [7, 11) is -4.63. The minimum absolute atomic E-state index is 0.0205. The molecule has 2 N–H and O–H groups in total. The lowest BCUT2D eigenvalue weighted by molar-refractivity contribution is 0.437. The molecule has 0 radical (unpaired) electrons. The van der Waals surface area contributed by atoms with Crippen LogP contribution in [0.3, 0.4) is 0 Å². The SMILES string of the molecule is CCCCCCCCCCCCCCCCC(c1nc(-c2nnc(N)s2)c2ccccc2n1)S(=O)(=O)[O-]. The molecule has 8 nitrogen and oxygen atoms in total. The monoisotopic (exact) mass is 546 g/mol. The van der Waals surface area contributed by atoms with Gasteiger partial charge >= 0.3 is 0 Å². The highest BCUT2D eigenvalue weighted by molar-refractivity contribution is 7.86. The number of hydrogen-bond acceptors (Lipinski definition) is 9. The summed E-state index contributed by atoms with van der Waals surface area (Å²) in [6.07, 6.45) is 17.1. The van der Waals surface area contributed by atoms with Crippen molar-refractivity contribution in [1.29, 1.82) is 0 Å². The minimum Gasteiger partial charge on any atom is -0.747 e.